The van der Waals surface area contributed by atoms with Crippen LogP contribution >= 0.6 is 7.82 Å². The summed E-state index contributed by atoms with van der Waals surface area (Å²) in [7, 11) is -4.99. The average Bonchev–Trinajstić information content (AvgIpc) is 1.68. The van der Waals surface area contributed by atoms with Crippen molar-refractivity contribution in [3.05, 3.63) is 0 Å². The van der Waals surface area contributed by atoms with Gasteiger partial charge in [-0.25, -0.2) is 4.57 Å². The second-order valence-electron chi connectivity index (χ2n) is 0.607. The van der Waals surface area contributed by atoms with E-state index in [1.165, 1.54) is 0 Å². The second-order valence-corrected chi connectivity index (χ2v) is 1.82. The summed E-state index contributed by atoms with van der Waals surface area (Å²) in [5.41, 5.74) is 0. The molecule has 0 saturated carbocycles. The Morgan fingerprint density at radius 2 is 1.62 bits per heavy atom. The van der Waals surface area contributed by atoms with E-state index in [0.29, 0.717) is 0 Å². The topological polar surface area (TPSA) is 90.8 Å². The van der Waals surface area contributed by atoms with Crippen molar-refractivity contribution < 1.29 is 28.0 Å². The molecular weight excluding hydrogens is 147 g/mol. The predicted octanol–water partition coefficient (Wildman–Crippen LogP) is 1.05. The van der Waals surface area contributed by atoms with Gasteiger partial charge in [0.1, 0.15) is 0 Å². The second kappa shape index (κ2) is 3.88. The lowest BCUT2D eigenvalue weighted by Gasteiger charge is -1.91. The van der Waals surface area contributed by atoms with Gasteiger partial charge in [0.05, 0.1) is 0 Å². The smallest absolute Gasteiger partial charge is 0.344 e. The Hall–Kier alpha value is -0.0700. The van der Waals surface area contributed by atoms with E-state index in [2.05, 4.69) is 9.46 Å². The minimum absolute atomic E-state index is 0. The summed E-state index contributed by atoms with van der Waals surface area (Å²) in [6.07, 6.45) is 0. The number of hydrogen-bond donors (Lipinski definition) is 2. The predicted molar refractivity (Wildman–Crippen MR) is 19.2 cm³/mol. The Morgan fingerprint density at radius 1 is 1.38 bits per heavy atom. The fraction of sp³-hybridized carbons (Fsp3) is 0. The minimum Gasteiger partial charge on any atom is -0.344 e. The van der Waals surface area contributed by atoms with Crippen molar-refractivity contribution >= 4 is 7.82 Å². The third kappa shape index (κ3) is 4.10. The van der Waals surface area contributed by atoms with Crippen LogP contribution in [0.4, 0.5) is 9.05 Å². The highest BCUT2D eigenvalue weighted by Gasteiger charge is 2.22. The Bertz CT molecular complexity index is 86.0. The van der Waals surface area contributed by atoms with Crippen LogP contribution in [0.5, 0.6) is 0 Å². The van der Waals surface area contributed by atoms with Crippen molar-refractivity contribution in [1.29, 1.82) is 0 Å². The van der Waals surface area contributed by atoms with Gasteiger partial charge in [0.25, 0.3) is 0 Å². The molecule has 8 heavy (non-hydrogen) atoms. The maximum absolute atomic E-state index is 10.4. The van der Waals surface area contributed by atoms with Crippen LogP contribution in [-0.4, -0.2) is 4.89 Å². The van der Waals surface area contributed by atoms with Crippen LogP contribution in [0.15, 0.2) is 0 Å². The summed E-state index contributed by atoms with van der Waals surface area (Å²) >= 11 is 0. The first-order chi connectivity index (χ1) is 3.12. The molecule has 52 valence electrons. The molecule has 0 fully saturated rings. The van der Waals surface area contributed by atoms with Crippen LogP contribution in [-0.2, 0) is 14.0 Å². The highest BCUT2D eigenvalue weighted by molar-refractivity contribution is 7.47. The van der Waals surface area contributed by atoms with Crippen LogP contribution in [0.25, 0.3) is 0 Å². The SMILES string of the molecule is N.O=P(O)(OF)OF. The van der Waals surface area contributed by atoms with Gasteiger partial charge in [-0.1, -0.05) is 9.46 Å². The van der Waals surface area contributed by atoms with E-state index in [0.717, 1.165) is 0 Å². The van der Waals surface area contributed by atoms with Gasteiger partial charge in [0, 0.05) is 0 Å². The molecule has 0 bridgehead atoms. The van der Waals surface area contributed by atoms with E-state index in [1.807, 2.05) is 0 Å². The first kappa shape index (κ1) is 10.8. The molecule has 0 spiro atoms. The van der Waals surface area contributed by atoms with E-state index in [-0.39, 0.29) is 6.15 Å². The molecule has 4 N–H and O–H groups in total. The Kier molecular flexibility index (Phi) is 5.25. The molecule has 0 aliphatic rings. The summed E-state index contributed by atoms with van der Waals surface area (Å²) < 4.78 is 34.3. The van der Waals surface area contributed by atoms with Crippen molar-refractivity contribution in [1.82, 2.24) is 6.15 Å². The van der Waals surface area contributed by atoms with E-state index < -0.39 is 7.82 Å². The number of halogens is 2. The maximum Gasteiger partial charge on any atom is 0.534 e. The Balaban J connectivity index is 0. The molecule has 0 aromatic heterocycles. The van der Waals surface area contributed by atoms with Crippen LogP contribution in [0.3, 0.4) is 0 Å². The van der Waals surface area contributed by atoms with Crippen molar-refractivity contribution in [3.63, 3.8) is 0 Å². The van der Waals surface area contributed by atoms with Gasteiger partial charge in [-0.3, -0.25) is 4.89 Å². The molecule has 0 aromatic carbocycles. The quantitative estimate of drug-likeness (QED) is 0.575. The molecule has 0 rings (SSSR count). The molecule has 5 nitrogen and oxygen atoms in total. The molecule has 0 saturated heterocycles. The van der Waals surface area contributed by atoms with Crippen molar-refractivity contribution in [2.75, 3.05) is 0 Å². The zero-order chi connectivity index (χ0) is 5.91. The number of hydrogen-bond acceptors (Lipinski definition) is 4. The van der Waals surface area contributed by atoms with Gasteiger partial charge in [-0.05, 0) is 9.05 Å². The molecule has 8 heteroatoms. The molecule has 0 atom stereocenters. The lowest BCUT2D eigenvalue weighted by atomic mass is 14.0. The van der Waals surface area contributed by atoms with Gasteiger partial charge >= 0.3 is 7.82 Å². The summed E-state index contributed by atoms with van der Waals surface area (Å²) in [5, 5.41) is 0. The van der Waals surface area contributed by atoms with Crippen LogP contribution < -0.4 is 6.15 Å². The average molecular weight is 151 g/mol. The standard InChI is InChI=1S/F2HO4P.H3N/c1-5-7(3,4)6-2;/h(H,3,4);1H3. The van der Waals surface area contributed by atoms with E-state index in [9.17, 15) is 13.6 Å². The Labute approximate surface area is 43.2 Å². The monoisotopic (exact) mass is 151 g/mol. The molecule has 0 aliphatic carbocycles. The molecular formula is H4F2NO4P. The lowest BCUT2D eigenvalue weighted by Crippen LogP contribution is -1.75. The van der Waals surface area contributed by atoms with Gasteiger partial charge in [0.2, 0.25) is 0 Å². The van der Waals surface area contributed by atoms with Crippen LogP contribution in [0.1, 0.15) is 0 Å². The third-order valence-electron chi connectivity index (χ3n) is 0.174. The minimum atomic E-state index is -4.99. The van der Waals surface area contributed by atoms with Crippen molar-refractivity contribution in [2.45, 2.75) is 0 Å². The molecule has 0 heterocycles. The van der Waals surface area contributed by atoms with Gasteiger partial charge in [0.15, 0.2) is 0 Å². The van der Waals surface area contributed by atoms with Crippen molar-refractivity contribution in [2.24, 2.45) is 0 Å². The highest BCUT2D eigenvalue weighted by Crippen LogP contribution is 2.43. The first-order valence-electron chi connectivity index (χ1n) is 1.06. The zero-order valence-corrected chi connectivity index (χ0v) is 4.48. The molecule has 0 unspecified atom stereocenters. The fourth-order valence-corrected chi connectivity index (χ4v) is 0.0319. The van der Waals surface area contributed by atoms with Gasteiger partial charge < -0.3 is 6.15 Å². The first-order valence-corrected chi connectivity index (χ1v) is 2.55. The van der Waals surface area contributed by atoms with Crippen LogP contribution in [0, 0.1) is 0 Å². The van der Waals surface area contributed by atoms with E-state index in [1.54, 1.807) is 0 Å². The normalized spacial score (nSPS) is 10.4. The number of rotatable bonds is 2. The molecule has 0 aliphatic heterocycles. The summed E-state index contributed by atoms with van der Waals surface area (Å²) in [5.74, 6) is 0. The Morgan fingerprint density at radius 3 is 1.62 bits per heavy atom. The van der Waals surface area contributed by atoms with Gasteiger partial charge in [-0.2, -0.15) is 0 Å². The van der Waals surface area contributed by atoms with E-state index in [4.69, 9.17) is 4.89 Å². The summed E-state index contributed by atoms with van der Waals surface area (Å²) in [6.45, 7) is 0. The fourth-order valence-electron chi connectivity index (χ4n) is 0.0106. The largest absolute Gasteiger partial charge is 0.534 e. The van der Waals surface area contributed by atoms with E-state index >= 15 is 0 Å². The van der Waals surface area contributed by atoms with Crippen molar-refractivity contribution in [3.8, 4) is 0 Å². The third-order valence-corrected chi connectivity index (χ3v) is 0.523. The molecule has 0 aromatic rings. The van der Waals surface area contributed by atoms with Gasteiger partial charge in [-0.15, -0.1) is 0 Å². The van der Waals surface area contributed by atoms with Crippen LogP contribution in [0.2, 0.25) is 0 Å². The lowest BCUT2D eigenvalue weighted by molar-refractivity contribution is -0.110. The summed E-state index contributed by atoms with van der Waals surface area (Å²) in [6, 6.07) is 0. The number of phosphoric acid groups is 1. The zero-order valence-electron chi connectivity index (χ0n) is 3.58. The summed E-state index contributed by atoms with van der Waals surface area (Å²) in [4.78, 5) is 7.49. The maximum atomic E-state index is 10.4. The molecule has 0 radical (unpaired) electrons. The highest BCUT2D eigenvalue weighted by atomic mass is 31.2. The molecule has 0 amide bonds.